The zero-order valence-corrected chi connectivity index (χ0v) is 9.80. The molecule has 94 valence electrons. The first-order chi connectivity index (χ1) is 7.98. The van der Waals surface area contributed by atoms with Gasteiger partial charge in [-0.1, -0.05) is 0 Å². The van der Waals surface area contributed by atoms with Gasteiger partial charge in [-0.05, 0) is 13.0 Å². The summed E-state index contributed by atoms with van der Waals surface area (Å²) in [6.07, 6.45) is 1.38. The molecule has 17 heavy (non-hydrogen) atoms. The molecule has 0 bridgehead atoms. The number of nitrogens with one attached hydrogen (secondary N) is 1. The van der Waals surface area contributed by atoms with Crippen molar-refractivity contribution in [2.75, 3.05) is 20.3 Å². The molecule has 6 nitrogen and oxygen atoms in total. The summed E-state index contributed by atoms with van der Waals surface area (Å²) < 4.78 is 4.86. The molecule has 0 spiro atoms. The van der Waals surface area contributed by atoms with Crippen molar-refractivity contribution in [3.8, 4) is 5.88 Å². The van der Waals surface area contributed by atoms with Crippen LogP contribution in [-0.2, 0) is 0 Å². The van der Waals surface area contributed by atoms with Gasteiger partial charge in [0.15, 0.2) is 0 Å². The molecule has 1 amide bonds. The highest BCUT2D eigenvalue weighted by molar-refractivity contribution is 5.93. The molecule has 1 heterocycles. The van der Waals surface area contributed by atoms with Crippen molar-refractivity contribution >= 4 is 5.91 Å². The van der Waals surface area contributed by atoms with Gasteiger partial charge >= 0.3 is 0 Å². The van der Waals surface area contributed by atoms with Crippen LogP contribution < -0.4 is 10.1 Å². The molecule has 1 unspecified atom stereocenters. The van der Waals surface area contributed by atoms with E-state index in [4.69, 9.17) is 9.84 Å². The number of pyridine rings is 1. The van der Waals surface area contributed by atoms with E-state index >= 15 is 0 Å². The average Bonchev–Trinajstić information content (AvgIpc) is 2.36. The molecular formula is C11H16N2O4. The second-order valence-electron chi connectivity index (χ2n) is 3.93. The van der Waals surface area contributed by atoms with Gasteiger partial charge < -0.3 is 20.3 Å². The molecule has 0 aliphatic heterocycles. The molecule has 0 fully saturated rings. The van der Waals surface area contributed by atoms with Crippen LogP contribution >= 0.6 is 0 Å². The molecule has 6 heteroatoms. The topological polar surface area (TPSA) is 91.7 Å². The number of aliphatic hydroxyl groups excluding tert-OH is 1. The lowest BCUT2D eigenvalue weighted by Crippen LogP contribution is -2.43. The number of hydrogen-bond donors (Lipinski definition) is 3. The summed E-state index contributed by atoms with van der Waals surface area (Å²) in [6, 6.07) is 3.13. The number of carbonyl (C=O) groups is 1. The monoisotopic (exact) mass is 240 g/mol. The Morgan fingerprint density at radius 3 is 2.76 bits per heavy atom. The van der Waals surface area contributed by atoms with E-state index < -0.39 is 12.2 Å². The molecular weight excluding hydrogens is 224 g/mol. The van der Waals surface area contributed by atoms with Gasteiger partial charge in [-0.2, -0.15) is 0 Å². The van der Waals surface area contributed by atoms with E-state index in [1.54, 1.807) is 12.1 Å². The lowest BCUT2D eigenvalue weighted by atomic mass is 10.1. The molecule has 1 aromatic heterocycles. The molecule has 0 saturated carbocycles. The fraction of sp³-hybridized carbons (Fsp3) is 0.455. The fourth-order valence-electron chi connectivity index (χ4n) is 1.06. The summed E-state index contributed by atoms with van der Waals surface area (Å²) >= 11 is 0. The highest BCUT2D eigenvalue weighted by Crippen LogP contribution is 2.07. The number of nitrogens with zero attached hydrogens (tertiary/aromatic N) is 1. The van der Waals surface area contributed by atoms with E-state index in [1.165, 1.54) is 20.2 Å². The van der Waals surface area contributed by atoms with Crippen molar-refractivity contribution in [3.63, 3.8) is 0 Å². The Bertz CT molecular complexity index is 376. The number of hydrogen-bond acceptors (Lipinski definition) is 5. The molecule has 0 aliphatic rings. The Balaban J connectivity index is 2.58. The quantitative estimate of drug-likeness (QED) is 0.649. The van der Waals surface area contributed by atoms with Gasteiger partial charge in [-0.15, -0.1) is 0 Å². The second kappa shape index (κ2) is 5.60. The van der Waals surface area contributed by atoms with Crippen LogP contribution in [0.2, 0.25) is 0 Å². The van der Waals surface area contributed by atoms with Gasteiger partial charge in [-0.25, -0.2) is 4.98 Å². The molecule has 0 aliphatic carbocycles. The highest BCUT2D eigenvalue weighted by atomic mass is 16.5. The number of aromatic nitrogens is 1. The predicted octanol–water partition coefficient (Wildman–Crippen LogP) is -0.437. The molecule has 1 rings (SSSR count). The Morgan fingerprint density at radius 1 is 1.59 bits per heavy atom. The second-order valence-corrected chi connectivity index (χ2v) is 3.93. The van der Waals surface area contributed by atoms with Crippen LogP contribution in [0.5, 0.6) is 5.88 Å². The van der Waals surface area contributed by atoms with Crippen LogP contribution in [0.15, 0.2) is 18.3 Å². The maximum Gasteiger partial charge on any atom is 0.252 e. The number of methoxy groups -OCH3 is 1. The van der Waals surface area contributed by atoms with Crippen molar-refractivity contribution in [3.05, 3.63) is 23.9 Å². The Kier molecular flexibility index (Phi) is 4.42. The third kappa shape index (κ3) is 4.01. The fourth-order valence-corrected chi connectivity index (χ4v) is 1.06. The van der Waals surface area contributed by atoms with E-state index in [0.717, 1.165) is 0 Å². The largest absolute Gasteiger partial charge is 0.481 e. The number of carbonyl (C=O) groups excluding carboxylic acids is 1. The number of aliphatic hydroxyl groups is 2. The molecule has 1 atom stereocenters. The summed E-state index contributed by atoms with van der Waals surface area (Å²) in [5.74, 6) is 0.0535. The Hall–Kier alpha value is -1.66. The third-order valence-electron chi connectivity index (χ3n) is 2.18. The average molecular weight is 240 g/mol. The van der Waals surface area contributed by atoms with Gasteiger partial charge in [0, 0.05) is 18.8 Å². The van der Waals surface area contributed by atoms with Gasteiger partial charge in [0.1, 0.15) is 5.60 Å². The Labute approximate surface area is 99.3 Å². The minimum absolute atomic E-state index is 0.0334. The normalized spacial score (nSPS) is 13.9. The van der Waals surface area contributed by atoms with Crippen LogP contribution in [0, 0.1) is 0 Å². The summed E-state index contributed by atoms with van der Waals surface area (Å²) in [6.45, 7) is 0.974. The first-order valence-corrected chi connectivity index (χ1v) is 5.10. The standard InChI is InChI=1S/C11H16N2O4/c1-11(16,7-14)6-13-10(15)8-3-4-9(17-2)12-5-8/h3-5,14,16H,6-7H2,1-2H3,(H,13,15). The third-order valence-corrected chi connectivity index (χ3v) is 2.18. The zero-order valence-electron chi connectivity index (χ0n) is 9.80. The van der Waals surface area contributed by atoms with E-state index in [-0.39, 0.29) is 12.5 Å². The maximum atomic E-state index is 11.6. The van der Waals surface area contributed by atoms with Crippen molar-refractivity contribution in [1.82, 2.24) is 10.3 Å². The van der Waals surface area contributed by atoms with Crippen molar-refractivity contribution in [2.45, 2.75) is 12.5 Å². The minimum Gasteiger partial charge on any atom is -0.481 e. The first-order valence-electron chi connectivity index (χ1n) is 5.10. The minimum atomic E-state index is -1.32. The number of ether oxygens (including phenoxy) is 1. The molecule has 0 aromatic carbocycles. The SMILES string of the molecule is COc1ccc(C(=O)NCC(C)(O)CO)cn1. The molecule has 1 aromatic rings. The van der Waals surface area contributed by atoms with Crippen LogP contribution in [-0.4, -0.2) is 47.0 Å². The van der Waals surface area contributed by atoms with Crippen molar-refractivity contribution in [2.24, 2.45) is 0 Å². The van der Waals surface area contributed by atoms with Crippen LogP contribution in [0.1, 0.15) is 17.3 Å². The van der Waals surface area contributed by atoms with Gasteiger partial charge in [0.05, 0.1) is 19.3 Å². The summed E-state index contributed by atoms with van der Waals surface area (Å²) in [4.78, 5) is 15.5. The van der Waals surface area contributed by atoms with Crippen molar-refractivity contribution in [1.29, 1.82) is 0 Å². The van der Waals surface area contributed by atoms with Crippen LogP contribution in [0.3, 0.4) is 0 Å². The van der Waals surface area contributed by atoms with E-state index in [1.807, 2.05) is 0 Å². The number of rotatable bonds is 5. The van der Waals surface area contributed by atoms with Crippen LogP contribution in [0.25, 0.3) is 0 Å². The van der Waals surface area contributed by atoms with Gasteiger partial charge in [-0.3, -0.25) is 4.79 Å². The van der Waals surface area contributed by atoms with Crippen LogP contribution in [0.4, 0.5) is 0 Å². The highest BCUT2D eigenvalue weighted by Gasteiger charge is 2.20. The Morgan fingerprint density at radius 2 is 2.29 bits per heavy atom. The predicted molar refractivity (Wildman–Crippen MR) is 60.8 cm³/mol. The lowest BCUT2D eigenvalue weighted by Gasteiger charge is -2.20. The van der Waals surface area contributed by atoms with E-state index in [2.05, 4.69) is 10.3 Å². The molecule has 0 saturated heterocycles. The summed E-state index contributed by atoms with van der Waals surface area (Å²) in [5.41, 5.74) is -0.963. The number of amides is 1. The van der Waals surface area contributed by atoms with Gasteiger partial charge in [0.25, 0.3) is 5.91 Å². The smallest absolute Gasteiger partial charge is 0.252 e. The first kappa shape index (κ1) is 13.4. The maximum absolute atomic E-state index is 11.6. The molecule has 0 radical (unpaired) electrons. The van der Waals surface area contributed by atoms with Crippen molar-refractivity contribution < 1.29 is 19.7 Å². The zero-order chi connectivity index (χ0) is 12.9. The van der Waals surface area contributed by atoms with E-state index in [0.29, 0.717) is 11.4 Å². The van der Waals surface area contributed by atoms with E-state index in [9.17, 15) is 9.90 Å². The summed E-state index contributed by atoms with van der Waals surface area (Å²) in [5, 5.41) is 20.8. The summed E-state index contributed by atoms with van der Waals surface area (Å²) in [7, 11) is 1.49. The van der Waals surface area contributed by atoms with Gasteiger partial charge in [0.2, 0.25) is 5.88 Å². The lowest BCUT2D eigenvalue weighted by molar-refractivity contribution is 0.00320. The molecule has 3 N–H and O–H groups in total.